The molecule has 3 heterocycles. The molecule has 2 amide bonds. The van der Waals surface area contributed by atoms with Gasteiger partial charge in [-0.3, -0.25) is 14.6 Å². The Kier molecular flexibility index (Phi) is 6.11. The fraction of sp³-hybridized carbons (Fsp3) is 0.429. The molecule has 13 heteroatoms. The van der Waals surface area contributed by atoms with E-state index in [2.05, 4.69) is 25.5 Å². The first-order valence-electron chi connectivity index (χ1n) is 10.5. The summed E-state index contributed by atoms with van der Waals surface area (Å²) in [6, 6.07) is 3.40. The molecule has 4 rings (SSSR count). The maximum atomic E-state index is 13.2. The van der Waals surface area contributed by atoms with E-state index in [1.165, 1.54) is 19.0 Å². The lowest BCUT2D eigenvalue weighted by atomic mass is 10.2. The van der Waals surface area contributed by atoms with Crippen LogP contribution in [0, 0.1) is 0 Å². The van der Waals surface area contributed by atoms with Crippen LogP contribution in [0.2, 0.25) is 0 Å². The highest BCUT2D eigenvalue weighted by Gasteiger charge is 2.36. The van der Waals surface area contributed by atoms with Crippen molar-refractivity contribution >= 4 is 11.8 Å². The Morgan fingerprint density at radius 3 is 2.68 bits per heavy atom. The fourth-order valence-electron chi connectivity index (χ4n) is 3.18. The molecule has 1 aliphatic carbocycles. The highest BCUT2D eigenvalue weighted by molar-refractivity contribution is 5.93. The molecule has 3 aromatic rings. The number of carbonyl (C=O) groups is 2. The number of nitrogens with one attached hydrogen (secondary N) is 1. The third kappa shape index (κ3) is 5.07. The summed E-state index contributed by atoms with van der Waals surface area (Å²) in [5.74, 6) is -0.582. The highest BCUT2D eigenvalue weighted by Crippen LogP contribution is 2.39. The van der Waals surface area contributed by atoms with Gasteiger partial charge >= 0.3 is 6.18 Å². The summed E-state index contributed by atoms with van der Waals surface area (Å²) in [5.41, 5.74) is -0.0369. The van der Waals surface area contributed by atoms with Gasteiger partial charge < -0.3 is 14.7 Å². The Morgan fingerprint density at radius 2 is 2.03 bits per heavy atom. The predicted octanol–water partition coefficient (Wildman–Crippen LogP) is 2.80. The SMILES string of the molecule is CC(NC(=O)c1cc(C(F)(F)F)nn1CC(=O)N(C)C)c1nc(-c2ccnc(C3CC3)c2)no1. The number of carbonyl (C=O) groups excluding carboxylic acids is 2. The number of halogens is 3. The van der Waals surface area contributed by atoms with Gasteiger partial charge in [-0.15, -0.1) is 0 Å². The molecule has 0 saturated heterocycles. The van der Waals surface area contributed by atoms with E-state index in [9.17, 15) is 22.8 Å². The van der Waals surface area contributed by atoms with E-state index >= 15 is 0 Å². The third-order valence-electron chi connectivity index (χ3n) is 5.28. The Balaban J connectivity index is 1.52. The summed E-state index contributed by atoms with van der Waals surface area (Å²) >= 11 is 0. The number of alkyl halides is 3. The number of rotatable bonds is 7. The molecule has 1 saturated carbocycles. The lowest BCUT2D eigenvalue weighted by Gasteiger charge is -2.13. The monoisotopic (exact) mass is 477 g/mol. The topological polar surface area (TPSA) is 119 Å². The summed E-state index contributed by atoms with van der Waals surface area (Å²) < 4.78 is 45.5. The zero-order valence-corrected chi connectivity index (χ0v) is 18.6. The predicted molar refractivity (Wildman–Crippen MR) is 111 cm³/mol. The average Bonchev–Trinajstić information content (AvgIpc) is 3.34. The van der Waals surface area contributed by atoms with Crippen LogP contribution >= 0.6 is 0 Å². The molecule has 0 aromatic carbocycles. The maximum absolute atomic E-state index is 13.2. The van der Waals surface area contributed by atoms with Crippen LogP contribution < -0.4 is 5.32 Å². The minimum absolute atomic E-state index is 0.0691. The van der Waals surface area contributed by atoms with Gasteiger partial charge in [0.1, 0.15) is 18.3 Å². The van der Waals surface area contributed by atoms with Crippen molar-refractivity contribution in [1.82, 2.24) is 35.1 Å². The van der Waals surface area contributed by atoms with Crippen molar-refractivity contribution in [3.05, 3.63) is 47.4 Å². The molecule has 1 N–H and O–H groups in total. The number of hydrogen-bond acceptors (Lipinski definition) is 7. The number of pyridine rings is 1. The van der Waals surface area contributed by atoms with Gasteiger partial charge in [0, 0.05) is 43.5 Å². The van der Waals surface area contributed by atoms with Gasteiger partial charge in [0.2, 0.25) is 17.6 Å². The Labute approximate surface area is 192 Å². The van der Waals surface area contributed by atoms with Gasteiger partial charge in [0.25, 0.3) is 5.91 Å². The summed E-state index contributed by atoms with van der Waals surface area (Å²) in [6.45, 7) is 1.02. The van der Waals surface area contributed by atoms with Gasteiger partial charge in [-0.1, -0.05) is 5.16 Å². The fourth-order valence-corrected chi connectivity index (χ4v) is 3.18. The number of hydrogen-bond donors (Lipinski definition) is 1. The number of nitrogens with zero attached hydrogens (tertiary/aromatic N) is 6. The second-order valence-corrected chi connectivity index (χ2v) is 8.25. The van der Waals surface area contributed by atoms with E-state index in [0.29, 0.717) is 23.4 Å². The van der Waals surface area contributed by atoms with E-state index in [1.54, 1.807) is 19.2 Å². The Hall–Kier alpha value is -3.77. The number of aromatic nitrogens is 5. The van der Waals surface area contributed by atoms with Crippen molar-refractivity contribution < 1.29 is 27.3 Å². The normalized spacial score (nSPS) is 14.6. The number of amides is 2. The second kappa shape index (κ2) is 8.88. The van der Waals surface area contributed by atoms with Crippen molar-refractivity contribution in [2.75, 3.05) is 14.1 Å². The first-order valence-corrected chi connectivity index (χ1v) is 10.5. The summed E-state index contributed by atoms with van der Waals surface area (Å²) in [7, 11) is 2.89. The molecular weight excluding hydrogens is 455 g/mol. The molecule has 10 nitrogen and oxygen atoms in total. The van der Waals surface area contributed by atoms with Crippen LogP contribution in [-0.2, 0) is 17.5 Å². The largest absolute Gasteiger partial charge is 0.435 e. The molecule has 1 aliphatic rings. The van der Waals surface area contributed by atoms with E-state index in [1.807, 2.05) is 6.07 Å². The minimum Gasteiger partial charge on any atom is -0.347 e. The van der Waals surface area contributed by atoms with Crippen LogP contribution in [0.3, 0.4) is 0 Å². The zero-order chi connectivity index (χ0) is 24.6. The first kappa shape index (κ1) is 23.4. The van der Waals surface area contributed by atoms with Gasteiger partial charge in [-0.25, -0.2) is 4.68 Å². The van der Waals surface area contributed by atoms with Crippen molar-refractivity contribution in [3.63, 3.8) is 0 Å². The van der Waals surface area contributed by atoms with E-state index in [-0.39, 0.29) is 5.89 Å². The van der Waals surface area contributed by atoms with E-state index < -0.39 is 42.0 Å². The lowest BCUT2D eigenvalue weighted by Crippen LogP contribution is -2.32. The molecule has 0 bridgehead atoms. The number of likely N-dealkylation sites (N-methyl/N-ethyl adjacent to an activating group) is 1. The van der Waals surface area contributed by atoms with Crippen molar-refractivity contribution in [2.45, 2.75) is 44.4 Å². The molecule has 180 valence electrons. The second-order valence-electron chi connectivity index (χ2n) is 8.25. The quantitative estimate of drug-likeness (QED) is 0.556. The molecule has 1 unspecified atom stereocenters. The Bertz CT molecular complexity index is 1210. The van der Waals surface area contributed by atoms with Crippen molar-refractivity contribution in [3.8, 4) is 11.4 Å². The smallest absolute Gasteiger partial charge is 0.347 e. The van der Waals surface area contributed by atoms with Gasteiger partial charge in [0.05, 0.1) is 0 Å². The average molecular weight is 477 g/mol. The third-order valence-corrected chi connectivity index (χ3v) is 5.28. The van der Waals surface area contributed by atoms with Gasteiger partial charge in [0.15, 0.2) is 5.69 Å². The van der Waals surface area contributed by atoms with Crippen LogP contribution in [0.15, 0.2) is 28.9 Å². The summed E-state index contributed by atoms with van der Waals surface area (Å²) in [4.78, 5) is 34.6. The zero-order valence-electron chi connectivity index (χ0n) is 18.6. The molecule has 0 spiro atoms. The van der Waals surface area contributed by atoms with Crippen LogP contribution in [0.25, 0.3) is 11.4 Å². The summed E-state index contributed by atoms with van der Waals surface area (Å²) in [6.07, 6.45) is -0.940. The van der Waals surface area contributed by atoms with Crippen LogP contribution in [-0.4, -0.2) is 55.7 Å². The molecule has 0 aliphatic heterocycles. The van der Waals surface area contributed by atoms with E-state index in [4.69, 9.17) is 4.52 Å². The molecule has 1 atom stereocenters. The standard InChI is InChI=1S/C21H22F3N7O3/c1-11(20-27-18(29-34-20)13-6-7-25-14(8-13)12-4-5-12)26-19(33)15-9-16(21(22,23)24)28-31(15)10-17(32)30(2)3/h6-9,11-12H,4-5,10H2,1-3H3,(H,26,33). The maximum Gasteiger partial charge on any atom is 0.435 e. The van der Waals surface area contributed by atoms with Crippen LogP contribution in [0.4, 0.5) is 13.2 Å². The minimum atomic E-state index is -4.78. The van der Waals surface area contributed by atoms with Crippen LogP contribution in [0.1, 0.15) is 59.5 Å². The van der Waals surface area contributed by atoms with E-state index in [0.717, 1.165) is 23.2 Å². The molecular formula is C21H22F3N7O3. The molecule has 3 aromatic heterocycles. The van der Waals surface area contributed by atoms with Crippen molar-refractivity contribution in [2.24, 2.45) is 0 Å². The van der Waals surface area contributed by atoms with Gasteiger partial charge in [-0.05, 0) is 31.9 Å². The molecule has 1 fully saturated rings. The molecule has 0 radical (unpaired) electrons. The van der Waals surface area contributed by atoms with Crippen molar-refractivity contribution in [1.29, 1.82) is 0 Å². The van der Waals surface area contributed by atoms with Gasteiger partial charge in [-0.2, -0.15) is 23.3 Å². The molecule has 34 heavy (non-hydrogen) atoms. The highest BCUT2D eigenvalue weighted by atomic mass is 19.4. The van der Waals surface area contributed by atoms with Crippen LogP contribution in [0.5, 0.6) is 0 Å². The Morgan fingerprint density at radius 1 is 1.29 bits per heavy atom. The first-order chi connectivity index (χ1) is 16.0. The lowest BCUT2D eigenvalue weighted by molar-refractivity contribution is -0.142. The summed E-state index contributed by atoms with van der Waals surface area (Å²) in [5, 5.41) is 9.87.